The van der Waals surface area contributed by atoms with Crippen molar-refractivity contribution in [3.05, 3.63) is 99.7 Å². The van der Waals surface area contributed by atoms with Crippen LogP contribution in [0.25, 0.3) is 21.3 Å². The molecule has 1 atom stereocenters. The van der Waals surface area contributed by atoms with Gasteiger partial charge >= 0.3 is 0 Å². The molecule has 240 valence electrons. The van der Waals surface area contributed by atoms with Gasteiger partial charge in [-0.05, 0) is 41.0 Å². The molecule has 0 saturated carbocycles. The predicted molar refractivity (Wildman–Crippen MR) is 174 cm³/mol. The summed E-state index contributed by atoms with van der Waals surface area (Å²) < 4.78 is 62.4. The summed E-state index contributed by atoms with van der Waals surface area (Å²) in [5.41, 5.74) is 3.09. The molecule has 5 aromatic rings. The van der Waals surface area contributed by atoms with Crippen molar-refractivity contribution in [1.82, 2.24) is 20.1 Å². The number of carbonyl (C=O) groups excluding carboxylic acids is 1. The van der Waals surface area contributed by atoms with Gasteiger partial charge in [0.1, 0.15) is 5.01 Å². The number of halogens is 1. The first-order valence-electron chi connectivity index (χ1n) is 14.1. The number of hydrogen-bond acceptors (Lipinski definition) is 11. The van der Waals surface area contributed by atoms with E-state index >= 15 is 0 Å². The minimum Gasteiger partial charge on any atom is -0.423 e. The van der Waals surface area contributed by atoms with E-state index in [4.69, 9.17) is 25.9 Å². The highest BCUT2D eigenvalue weighted by Gasteiger charge is 2.37. The number of sulfonamides is 1. The van der Waals surface area contributed by atoms with Gasteiger partial charge < -0.3 is 14.1 Å². The second-order valence-corrected chi connectivity index (χ2v) is 15.9. The molecule has 46 heavy (non-hydrogen) atoms. The van der Waals surface area contributed by atoms with Gasteiger partial charge in [-0.3, -0.25) is 4.79 Å². The van der Waals surface area contributed by atoms with Crippen molar-refractivity contribution in [2.24, 2.45) is 5.14 Å². The lowest BCUT2D eigenvalue weighted by Crippen LogP contribution is -2.40. The fourth-order valence-corrected chi connectivity index (χ4v) is 8.92. The lowest BCUT2D eigenvalue weighted by Gasteiger charge is -2.27. The third kappa shape index (κ3) is 7.29. The van der Waals surface area contributed by atoms with Gasteiger partial charge in [-0.1, -0.05) is 54.1 Å². The summed E-state index contributed by atoms with van der Waals surface area (Å²) >= 11 is 7.74. The van der Waals surface area contributed by atoms with Gasteiger partial charge in [-0.2, -0.15) is 0 Å². The highest BCUT2D eigenvalue weighted by Crippen LogP contribution is 2.38. The molecule has 2 N–H and O–H groups in total. The van der Waals surface area contributed by atoms with E-state index in [2.05, 4.69) is 15.2 Å². The number of rotatable bonds is 10. The molecule has 3 heterocycles. The van der Waals surface area contributed by atoms with Crippen LogP contribution >= 0.6 is 22.9 Å². The fraction of sp³-hybridized carbons (Fsp3) is 0.267. The molecule has 1 saturated heterocycles. The summed E-state index contributed by atoms with van der Waals surface area (Å²) in [6.45, 7) is 1.98. The van der Waals surface area contributed by atoms with E-state index in [1.54, 1.807) is 53.4 Å². The lowest BCUT2D eigenvalue weighted by molar-refractivity contribution is 0.0303. The molecular formula is C30H28ClN5O7S3. The monoisotopic (exact) mass is 701 g/mol. The number of hydrogen-bond donors (Lipinski definition) is 1. The summed E-state index contributed by atoms with van der Waals surface area (Å²) in [6.07, 6.45) is -0.167. The first-order valence-corrected chi connectivity index (χ1v) is 18.7. The van der Waals surface area contributed by atoms with Gasteiger partial charge in [-0.25, -0.2) is 27.0 Å². The van der Waals surface area contributed by atoms with E-state index in [1.165, 1.54) is 0 Å². The molecule has 0 spiro atoms. The fourth-order valence-electron chi connectivity index (χ4n) is 5.04. The number of nitrogens with two attached hydrogens (primary N) is 1. The van der Waals surface area contributed by atoms with Gasteiger partial charge in [0.2, 0.25) is 21.8 Å². The van der Waals surface area contributed by atoms with Crippen LogP contribution in [0.2, 0.25) is 5.02 Å². The predicted octanol–water partition coefficient (Wildman–Crippen LogP) is 4.01. The number of nitrogens with zero attached hydrogens (tertiary/aromatic N) is 4. The van der Waals surface area contributed by atoms with Crippen LogP contribution in [-0.4, -0.2) is 74.9 Å². The van der Waals surface area contributed by atoms with Crippen molar-refractivity contribution in [2.75, 3.05) is 32.1 Å². The quantitative estimate of drug-likeness (QED) is 0.224. The maximum atomic E-state index is 13.9. The van der Waals surface area contributed by atoms with Crippen LogP contribution in [0.4, 0.5) is 0 Å². The van der Waals surface area contributed by atoms with Crippen LogP contribution in [0, 0.1) is 0 Å². The van der Waals surface area contributed by atoms with Crippen molar-refractivity contribution in [2.45, 2.75) is 17.4 Å². The van der Waals surface area contributed by atoms with Gasteiger partial charge in [0.15, 0.2) is 15.1 Å². The number of carbonyl (C=O) groups is 1. The Bertz CT molecular complexity index is 2110. The SMILES string of the molecule is NS(=O)(=O)CCc1nnc(C(c2nc3ccc(-c4ccc(C(=O)N5CCOCC5)c(Cl)c4)cc3s2)S(=O)(=O)Cc2ccccc2)o1. The van der Waals surface area contributed by atoms with Crippen molar-refractivity contribution in [3.63, 3.8) is 0 Å². The van der Waals surface area contributed by atoms with Crippen LogP contribution < -0.4 is 5.14 Å². The number of primary sulfonamides is 1. The van der Waals surface area contributed by atoms with Gasteiger partial charge in [0.05, 0.1) is 45.5 Å². The van der Waals surface area contributed by atoms with E-state index in [0.29, 0.717) is 52.7 Å². The molecule has 12 nitrogen and oxygen atoms in total. The Labute approximate surface area is 274 Å². The summed E-state index contributed by atoms with van der Waals surface area (Å²) in [7, 11) is -7.80. The second-order valence-electron chi connectivity index (χ2n) is 10.7. The highest BCUT2D eigenvalue weighted by atomic mass is 35.5. The number of sulfone groups is 1. The smallest absolute Gasteiger partial charge is 0.255 e. The maximum Gasteiger partial charge on any atom is 0.255 e. The summed E-state index contributed by atoms with van der Waals surface area (Å²) in [5.74, 6) is -1.18. The molecule has 1 unspecified atom stereocenters. The first kappa shape index (κ1) is 32.2. The molecule has 1 aliphatic heterocycles. The molecule has 1 fully saturated rings. The van der Waals surface area contributed by atoms with E-state index in [-0.39, 0.29) is 34.9 Å². The summed E-state index contributed by atoms with van der Waals surface area (Å²) in [5, 5.41) is 12.1. The molecule has 0 bridgehead atoms. The van der Waals surface area contributed by atoms with E-state index in [9.17, 15) is 21.6 Å². The number of ether oxygens (including phenoxy) is 1. The standard InChI is InChI=1S/C30H28ClN5O7S3/c31-23-16-20(6-8-22(23)30(37)36-11-13-42-14-12-36)21-7-9-24-25(17-21)44-29(33-24)27(45(38,39)18-19-4-2-1-3-5-19)28-35-34-26(43-28)10-15-46(32,40)41/h1-9,16-17,27H,10-15,18H2,(H2,32,40,41). The van der Waals surface area contributed by atoms with Crippen LogP contribution in [0.3, 0.4) is 0 Å². The van der Waals surface area contributed by atoms with Crippen LogP contribution in [0.5, 0.6) is 0 Å². The molecule has 1 aliphatic rings. The zero-order chi connectivity index (χ0) is 32.5. The number of amides is 1. The van der Waals surface area contributed by atoms with Crippen molar-refractivity contribution in [3.8, 4) is 11.1 Å². The molecule has 16 heteroatoms. The third-order valence-electron chi connectivity index (χ3n) is 7.34. The van der Waals surface area contributed by atoms with Crippen molar-refractivity contribution in [1.29, 1.82) is 0 Å². The largest absolute Gasteiger partial charge is 0.423 e. The second kappa shape index (κ2) is 13.2. The van der Waals surface area contributed by atoms with Crippen LogP contribution in [-0.2, 0) is 36.8 Å². The van der Waals surface area contributed by atoms with Gasteiger partial charge in [-0.15, -0.1) is 21.5 Å². The average molecular weight is 702 g/mol. The molecule has 1 amide bonds. The Morgan fingerprint density at radius 3 is 2.41 bits per heavy atom. The molecule has 3 aromatic carbocycles. The normalized spacial score (nSPS) is 14.9. The van der Waals surface area contributed by atoms with Gasteiger partial charge in [0.25, 0.3) is 5.91 Å². The van der Waals surface area contributed by atoms with Gasteiger partial charge in [0, 0.05) is 19.5 Å². The highest BCUT2D eigenvalue weighted by molar-refractivity contribution is 7.91. The lowest BCUT2D eigenvalue weighted by atomic mass is 10.0. The molecular weight excluding hydrogens is 674 g/mol. The summed E-state index contributed by atoms with van der Waals surface area (Å²) in [6, 6.07) is 19.4. The number of thiazole rings is 1. The molecule has 0 aliphatic carbocycles. The van der Waals surface area contributed by atoms with Crippen LogP contribution in [0.15, 0.2) is 71.1 Å². The Morgan fingerprint density at radius 1 is 0.978 bits per heavy atom. The summed E-state index contributed by atoms with van der Waals surface area (Å²) in [4.78, 5) is 19.3. The zero-order valence-corrected chi connectivity index (χ0v) is 27.4. The van der Waals surface area contributed by atoms with Crippen molar-refractivity contribution < 1.29 is 30.8 Å². The van der Waals surface area contributed by atoms with E-state index in [1.807, 2.05) is 18.2 Å². The van der Waals surface area contributed by atoms with Crippen molar-refractivity contribution >= 4 is 58.9 Å². The van der Waals surface area contributed by atoms with Crippen LogP contribution in [0.1, 0.15) is 38.0 Å². The Morgan fingerprint density at radius 2 is 1.70 bits per heavy atom. The number of benzene rings is 3. The Hall–Kier alpha value is -3.73. The average Bonchev–Trinajstić information content (AvgIpc) is 3.66. The Balaban J connectivity index is 1.33. The first-order chi connectivity index (χ1) is 22.0. The number of aromatic nitrogens is 3. The Kier molecular flexibility index (Phi) is 9.23. The number of aryl methyl sites for hydroxylation is 1. The topological polar surface area (TPSA) is 176 Å². The number of morpholine rings is 1. The molecule has 0 radical (unpaired) electrons. The maximum absolute atomic E-state index is 13.9. The third-order valence-corrected chi connectivity index (χ3v) is 11.5. The minimum absolute atomic E-state index is 0.0558. The molecule has 2 aromatic heterocycles. The zero-order valence-electron chi connectivity index (χ0n) is 24.2. The molecule has 6 rings (SSSR count). The van der Waals surface area contributed by atoms with E-state index < -0.39 is 30.9 Å². The van der Waals surface area contributed by atoms with E-state index in [0.717, 1.165) is 22.5 Å². The minimum atomic E-state index is -4.00. The number of fused-ring (bicyclic) bond motifs is 1.